The van der Waals surface area contributed by atoms with Crippen molar-refractivity contribution in [3.63, 3.8) is 0 Å². The summed E-state index contributed by atoms with van der Waals surface area (Å²) >= 11 is 0. The lowest BCUT2D eigenvalue weighted by Crippen LogP contribution is -3.20. The second-order valence-electron chi connectivity index (χ2n) is 8.93. The number of nitrogens with zero attached hydrogens (tertiary/aromatic N) is 3. The molecule has 2 bridgehead atoms. The number of aliphatic hydroxyl groups is 1. The quantitative estimate of drug-likeness (QED) is 0.647. The molecule has 3 N–H and O–H groups in total. The van der Waals surface area contributed by atoms with Gasteiger partial charge < -0.3 is 15.3 Å². The third-order valence-corrected chi connectivity index (χ3v) is 6.34. The van der Waals surface area contributed by atoms with Crippen LogP contribution in [0.2, 0.25) is 0 Å². The van der Waals surface area contributed by atoms with Gasteiger partial charge in [0.25, 0.3) is 0 Å². The van der Waals surface area contributed by atoms with E-state index < -0.39 is 5.60 Å². The average molecular weight is 402 g/mol. The van der Waals surface area contributed by atoms with E-state index in [4.69, 9.17) is 0 Å². The van der Waals surface area contributed by atoms with Gasteiger partial charge in [-0.1, -0.05) is 17.3 Å². The molecular formula is C21H29FN5O2+. The Morgan fingerprint density at radius 2 is 2.14 bits per heavy atom. The highest BCUT2D eigenvalue weighted by Gasteiger charge is 2.46. The summed E-state index contributed by atoms with van der Waals surface area (Å²) in [7, 11) is 0. The minimum atomic E-state index is -0.995. The molecule has 1 aromatic carbocycles. The largest absolute Gasteiger partial charge is 0.384 e. The van der Waals surface area contributed by atoms with Crippen molar-refractivity contribution in [3.8, 4) is 0 Å². The summed E-state index contributed by atoms with van der Waals surface area (Å²) in [6, 6.07) is 6.64. The highest BCUT2D eigenvalue weighted by molar-refractivity contribution is 5.79. The van der Waals surface area contributed by atoms with Gasteiger partial charge in [0, 0.05) is 19.4 Å². The number of benzene rings is 1. The van der Waals surface area contributed by atoms with Gasteiger partial charge in [0.2, 0.25) is 5.91 Å². The molecular weight excluding hydrogens is 373 g/mol. The number of carbonyl (C=O) groups is 1. The lowest BCUT2D eigenvalue weighted by atomic mass is 9.75. The van der Waals surface area contributed by atoms with E-state index in [1.54, 1.807) is 26.0 Å². The molecule has 0 radical (unpaired) electrons. The second kappa shape index (κ2) is 7.84. The van der Waals surface area contributed by atoms with E-state index in [-0.39, 0.29) is 17.6 Å². The SMILES string of the molecule is CC(C)(O)c1cn(C[C@H]2C[C@H]3CC[NH+]2C[C@@H]3C(=O)NCc2ccc(F)cc2)nn1. The number of rotatable bonds is 6. The lowest BCUT2D eigenvalue weighted by Gasteiger charge is -2.46. The zero-order valence-electron chi connectivity index (χ0n) is 16.9. The van der Waals surface area contributed by atoms with Crippen LogP contribution in [0.15, 0.2) is 30.5 Å². The van der Waals surface area contributed by atoms with Crippen molar-refractivity contribution in [2.75, 3.05) is 13.1 Å². The topological polar surface area (TPSA) is 84.5 Å². The molecule has 3 aliphatic rings. The average Bonchev–Trinajstić information content (AvgIpc) is 3.17. The fourth-order valence-electron chi connectivity index (χ4n) is 4.63. The molecule has 3 aliphatic heterocycles. The maximum absolute atomic E-state index is 13.0. The molecule has 29 heavy (non-hydrogen) atoms. The van der Waals surface area contributed by atoms with Crippen molar-refractivity contribution < 1.29 is 19.2 Å². The van der Waals surface area contributed by atoms with E-state index in [9.17, 15) is 14.3 Å². The molecule has 1 aromatic heterocycles. The minimum absolute atomic E-state index is 0.0260. The van der Waals surface area contributed by atoms with E-state index in [0.29, 0.717) is 24.2 Å². The van der Waals surface area contributed by atoms with Crippen molar-refractivity contribution in [2.24, 2.45) is 11.8 Å². The first kappa shape index (κ1) is 20.0. The smallest absolute Gasteiger partial charge is 0.229 e. The summed E-state index contributed by atoms with van der Waals surface area (Å²) in [6.07, 6.45) is 3.87. The number of fused-ring (bicyclic) bond motifs is 3. The molecule has 0 spiro atoms. The Labute approximate surface area is 169 Å². The summed E-state index contributed by atoms with van der Waals surface area (Å²) in [5, 5.41) is 21.4. The summed E-state index contributed by atoms with van der Waals surface area (Å²) in [6.45, 7) is 6.49. The summed E-state index contributed by atoms with van der Waals surface area (Å²) in [5.74, 6) is 0.232. The molecule has 1 amide bonds. The van der Waals surface area contributed by atoms with Crippen LogP contribution in [-0.4, -0.2) is 45.1 Å². The summed E-state index contributed by atoms with van der Waals surface area (Å²) in [5.41, 5.74) is 0.478. The molecule has 156 valence electrons. The molecule has 4 heterocycles. The maximum atomic E-state index is 13.0. The first-order chi connectivity index (χ1) is 13.8. The number of quaternary nitrogens is 1. The lowest BCUT2D eigenvalue weighted by molar-refractivity contribution is -0.945. The van der Waals surface area contributed by atoms with Gasteiger partial charge in [-0.05, 0) is 37.5 Å². The van der Waals surface area contributed by atoms with Gasteiger partial charge in [-0.2, -0.15) is 0 Å². The van der Waals surface area contributed by atoms with Gasteiger partial charge in [0.05, 0.1) is 31.7 Å². The van der Waals surface area contributed by atoms with E-state index in [1.165, 1.54) is 17.0 Å². The first-order valence-electron chi connectivity index (χ1n) is 10.3. The van der Waals surface area contributed by atoms with Crippen molar-refractivity contribution in [1.82, 2.24) is 20.3 Å². The van der Waals surface area contributed by atoms with Gasteiger partial charge in [-0.15, -0.1) is 5.10 Å². The van der Waals surface area contributed by atoms with Crippen LogP contribution in [0, 0.1) is 17.7 Å². The van der Waals surface area contributed by atoms with Crippen LogP contribution < -0.4 is 10.2 Å². The molecule has 2 aromatic rings. The standard InChI is InChI=1S/C21H28FN5O2/c1-21(2,29)19-13-27(25-24-19)11-17-9-15-7-8-26(17)12-18(15)20(28)23-10-14-3-5-16(22)6-4-14/h3-6,13,15,17-18,29H,7-12H2,1-2H3,(H,23,28)/p+1/t15-,17-,18+/m1/s1. The van der Waals surface area contributed by atoms with Gasteiger partial charge in [-0.3, -0.25) is 4.79 Å². The molecule has 7 nitrogen and oxygen atoms in total. The molecule has 4 atom stereocenters. The maximum Gasteiger partial charge on any atom is 0.229 e. The highest BCUT2D eigenvalue weighted by Crippen LogP contribution is 2.28. The highest BCUT2D eigenvalue weighted by atomic mass is 19.1. The van der Waals surface area contributed by atoms with E-state index in [1.807, 2.05) is 10.9 Å². The molecule has 0 saturated carbocycles. The Kier molecular flexibility index (Phi) is 5.40. The van der Waals surface area contributed by atoms with Crippen LogP contribution in [0.1, 0.15) is 37.9 Å². The molecule has 0 aliphatic carbocycles. The zero-order chi connectivity index (χ0) is 20.6. The third-order valence-electron chi connectivity index (χ3n) is 6.34. The van der Waals surface area contributed by atoms with E-state index >= 15 is 0 Å². The van der Waals surface area contributed by atoms with Crippen LogP contribution in [0.4, 0.5) is 4.39 Å². The van der Waals surface area contributed by atoms with Crippen LogP contribution in [0.3, 0.4) is 0 Å². The Morgan fingerprint density at radius 3 is 2.76 bits per heavy atom. The number of aromatic nitrogens is 3. The van der Waals surface area contributed by atoms with E-state index in [0.717, 1.165) is 38.0 Å². The second-order valence-corrected chi connectivity index (χ2v) is 8.93. The molecule has 1 unspecified atom stereocenters. The summed E-state index contributed by atoms with van der Waals surface area (Å²) in [4.78, 5) is 14.2. The van der Waals surface area contributed by atoms with Crippen molar-refractivity contribution in [2.45, 2.75) is 51.4 Å². The number of hydrogen-bond donors (Lipinski definition) is 3. The Morgan fingerprint density at radius 1 is 1.38 bits per heavy atom. The fraction of sp³-hybridized carbons (Fsp3) is 0.571. The zero-order valence-corrected chi connectivity index (χ0v) is 16.9. The van der Waals surface area contributed by atoms with Crippen LogP contribution >= 0.6 is 0 Å². The molecule has 3 saturated heterocycles. The number of halogens is 1. The van der Waals surface area contributed by atoms with Crippen LogP contribution in [0.25, 0.3) is 0 Å². The number of nitrogens with one attached hydrogen (secondary N) is 2. The summed E-state index contributed by atoms with van der Waals surface area (Å²) < 4.78 is 14.8. The van der Waals surface area contributed by atoms with E-state index in [2.05, 4.69) is 15.6 Å². The Bertz CT molecular complexity index is 861. The van der Waals surface area contributed by atoms with Crippen molar-refractivity contribution >= 4 is 5.91 Å². The number of piperidine rings is 3. The normalized spacial score (nSPS) is 26.5. The van der Waals surface area contributed by atoms with Crippen LogP contribution in [-0.2, 0) is 23.5 Å². The third kappa shape index (κ3) is 4.48. The number of hydrogen-bond acceptors (Lipinski definition) is 4. The fourth-order valence-corrected chi connectivity index (χ4v) is 4.63. The molecule has 8 heteroatoms. The monoisotopic (exact) mass is 402 g/mol. The Hall–Kier alpha value is -2.32. The van der Waals surface area contributed by atoms with Gasteiger partial charge >= 0.3 is 0 Å². The number of amides is 1. The first-order valence-corrected chi connectivity index (χ1v) is 10.3. The van der Waals surface area contributed by atoms with Crippen molar-refractivity contribution in [3.05, 3.63) is 47.5 Å². The molecule has 5 rings (SSSR count). The Balaban J connectivity index is 1.33. The van der Waals surface area contributed by atoms with Gasteiger partial charge in [0.1, 0.15) is 23.2 Å². The predicted molar refractivity (Wildman–Crippen MR) is 104 cm³/mol. The predicted octanol–water partition coefficient (Wildman–Crippen LogP) is 0.254. The van der Waals surface area contributed by atoms with Gasteiger partial charge in [-0.25, -0.2) is 9.07 Å². The number of carbonyl (C=O) groups excluding carboxylic acids is 1. The molecule has 3 fully saturated rings. The van der Waals surface area contributed by atoms with Crippen molar-refractivity contribution in [1.29, 1.82) is 0 Å². The van der Waals surface area contributed by atoms with Gasteiger partial charge in [0.15, 0.2) is 0 Å². The van der Waals surface area contributed by atoms with Crippen LogP contribution in [0.5, 0.6) is 0 Å². The minimum Gasteiger partial charge on any atom is -0.384 e.